The van der Waals surface area contributed by atoms with Crippen LogP contribution >= 0.6 is 11.8 Å². The van der Waals surface area contributed by atoms with E-state index in [4.69, 9.17) is 0 Å². The number of thioether (sulfide) groups is 1. The van der Waals surface area contributed by atoms with Gasteiger partial charge in [0, 0.05) is 11.3 Å². The molecule has 2 aromatic heterocycles. The van der Waals surface area contributed by atoms with Crippen LogP contribution < -0.4 is 5.32 Å². The number of carbonyl (C=O) groups excluding carboxylic acids is 2. The average Bonchev–Trinajstić information content (AvgIpc) is 3.09. The molecule has 28 heavy (non-hydrogen) atoms. The van der Waals surface area contributed by atoms with E-state index in [0.29, 0.717) is 21.9 Å². The summed E-state index contributed by atoms with van der Waals surface area (Å²) in [6.07, 6.45) is 0. The van der Waals surface area contributed by atoms with Gasteiger partial charge in [0.15, 0.2) is 11.4 Å². The van der Waals surface area contributed by atoms with Crippen LogP contribution in [0.2, 0.25) is 0 Å². The van der Waals surface area contributed by atoms with Gasteiger partial charge in [-0.2, -0.15) is 0 Å². The van der Waals surface area contributed by atoms with Crippen LogP contribution in [-0.2, 0) is 4.79 Å². The Morgan fingerprint density at radius 1 is 1.07 bits per heavy atom. The van der Waals surface area contributed by atoms with Gasteiger partial charge in [0.2, 0.25) is 5.91 Å². The van der Waals surface area contributed by atoms with E-state index >= 15 is 0 Å². The van der Waals surface area contributed by atoms with Crippen molar-refractivity contribution in [2.24, 2.45) is 0 Å². The first-order chi connectivity index (χ1) is 13.5. The highest BCUT2D eigenvalue weighted by atomic mass is 32.2. The number of Topliss-reactive ketones (excluding diaryl/α,β-unsaturated/α-hetero) is 1. The molecule has 8 heteroatoms. The van der Waals surface area contributed by atoms with E-state index in [0.717, 1.165) is 16.9 Å². The fourth-order valence-corrected chi connectivity index (χ4v) is 3.68. The molecule has 0 radical (unpaired) electrons. The SMILES string of the molecule is CC(=O)c1ccc(NC(=O)CSc2nc3ccccc3n3c(C)nnc23)cc1. The number of amides is 1. The molecule has 0 atom stereocenters. The Labute approximate surface area is 165 Å². The molecule has 0 aliphatic rings. The van der Waals surface area contributed by atoms with Gasteiger partial charge in [-0.05, 0) is 50.2 Å². The van der Waals surface area contributed by atoms with Crippen LogP contribution in [0.4, 0.5) is 5.69 Å². The summed E-state index contributed by atoms with van der Waals surface area (Å²) in [6.45, 7) is 3.39. The van der Waals surface area contributed by atoms with Gasteiger partial charge in [0.25, 0.3) is 0 Å². The fourth-order valence-electron chi connectivity index (χ4n) is 2.91. The largest absolute Gasteiger partial charge is 0.325 e. The molecule has 4 rings (SSSR count). The van der Waals surface area contributed by atoms with Crippen molar-refractivity contribution in [2.45, 2.75) is 18.9 Å². The first-order valence-corrected chi connectivity index (χ1v) is 9.65. The third-order valence-corrected chi connectivity index (χ3v) is 5.23. The molecular formula is C20H17N5O2S. The number of anilines is 1. The molecule has 2 heterocycles. The van der Waals surface area contributed by atoms with Crippen molar-refractivity contribution in [2.75, 3.05) is 11.1 Å². The molecule has 0 saturated carbocycles. The number of benzene rings is 2. The summed E-state index contributed by atoms with van der Waals surface area (Å²) in [4.78, 5) is 28.3. The summed E-state index contributed by atoms with van der Waals surface area (Å²) in [6, 6.07) is 14.6. The van der Waals surface area contributed by atoms with Gasteiger partial charge in [-0.1, -0.05) is 23.9 Å². The summed E-state index contributed by atoms with van der Waals surface area (Å²) < 4.78 is 1.95. The number of carbonyl (C=O) groups is 2. The molecule has 0 spiro atoms. The highest BCUT2D eigenvalue weighted by Crippen LogP contribution is 2.25. The Hall–Kier alpha value is -3.26. The van der Waals surface area contributed by atoms with E-state index in [1.54, 1.807) is 24.3 Å². The number of nitrogens with one attached hydrogen (secondary N) is 1. The zero-order valence-corrected chi connectivity index (χ0v) is 16.2. The molecule has 7 nitrogen and oxygen atoms in total. The van der Waals surface area contributed by atoms with Crippen molar-refractivity contribution in [1.29, 1.82) is 0 Å². The number of para-hydroxylation sites is 2. The van der Waals surface area contributed by atoms with Crippen molar-refractivity contribution in [3.05, 3.63) is 59.9 Å². The molecule has 0 fully saturated rings. The van der Waals surface area contributed by atoms with Crippen LogP contribution in [0.1, 0.15) is 23.1 Å². The number of ketones is 1. The first kappa shape index (κ1) is 18.1. The summed E-state index contributed by atoms with van der Waals surface area (Å²) in [7, 11) is 0. The zero-order valence-electron chi connectivity index (χ0n) is 15.3. The Kier molecular flexibility index (Phi) is 4.79. The number of nitrogens with zero attached hydrogens (tertiary/aromatic N) is 4. The molecule has 2 aromatic carbocycles. The van der Waals surface area contributed by atoms with E-state index in [9.17, 15) is 9.59 Å². The molecule has 1 amide bonds. The molecule has 4 aromatic rings. The maximum absolute atomic E-state index is 12.3. The van der Waals surface area contributed by atoms with Crippen molar-refractivity contribution in [3.63, 3.8) is 0 Å². The lowest BCUT2D eigenvalue weighted by atomic mass is 10.1. The predicted octanol–water partition coefficient (Wildman–Crippen LogP) is 3.52. The normalized spacial score (nSPS) is 11.1. The van der Waals surface area contributed by atoms with Crippen LogP contribution in [0, 0.1) is 6.92 Å². The summed E-state index contributed by atoms with van der Waals surface area (Å²) in [5.74, 6) is 0.778. The van der Waals surface area contributed by atoms with Crippen LogP contribution in [0.3, 0.4) is 0 Å². The standard InChI is InChI=1S/C20H17N5O2S/c1-12(26)14-7-9-15(10-8-14)21-18(27)11-28-20-19-24-23-13(2)25(19)17-6-4-3-5-16(17)22-20/h3-10H,11H2,1-2H3,(H,21,27). The van der Waals surface area contributed by atoms with E-state index in [2.05, 4.69) is 20.5 Å². The Morgan fingerprint density at radius 2 is 1.82 bits per heavy atom. The highest BCUT2D eigenvalue weighted by Gasteiger charge is 2.14. The Bertz CT molecular complexity index is 1200. The lowest BCUT2D eigenvalue weighted by Gasteiger charge is -2.08. The van der Waals surface area contributed by atoms with E-state index < -0.39 is 0 Å². The fraction of sp³-hybridized carbons (Fsp3) is 0.150. The molecule has 0 aliphatic carbocycles. The van der Waals surface area contributed by atoms with Gasteiger partial charge >= 0.3 is 0 Å². The molecule has 0 unspecified atom stereocenters. The minimum absolute atomic E-state index is 0.0107. The number of aryl methyl sites for hydroxylation is 1. The van der Waals surface area contributed by atoms with Crippen molar-refractivity contribution in [1.82, 2.24) is 19.6 Å². The Balaban J connectivity index is 1.53. The number of hydrogen-bond donors (Lipinski definition) is 1. The van der Waals surface area contributed by atoms with E-state index in [1.165, 1.54) is 18.7 Å². The number of rotatable bonds is 5. The summed E-state index contributed by atoms with van der Waals surface area (Å²) in [5, 5.41) is 11.9. The smallest absolute Gasteiger partial charge is 0.234 e. The van der Waals surface area contributed by atoms with Crippen LogP contribution in [0.15, 0.2) is 53.6 Å². The lowest BCUT2D eigenvalue weighted by Crippen LogP contribution is -2.14. The van der Waals surface area contributed by atoms with Gasteiger partial charge in [-0.25, -0.2) is 4.98 Å². The van der Waals surface area contributed by atoms with Crippen molar-refractivity contribution < 1.29 is 9.59 Å². The average molecular weight is 391 g/mol. The van der Waals surface area contributed by atoms with Gasteiger partial charge in [0.1, 0.15) is 10.9 Å². The second-order valence-corrected chi connectivity index (χ2v) is 7.25. The molecule has 0 aliphatic heterocycles. The minimum atomic E-state index is -0.162. The highest BCUT2D eigenvalue weighted by molar-refractivity contribution is 8.00. The topological polar surface area (TPSA) is 89.2 Å². The maximum atomic E-state index is 12.3. The monoisotopic (exact) mass is 391 g/mol. The Morgan fingerprint density at radius 3 is 2.57 bits per heavy atom. The first-order valence-electron chi connectivity index (χ1n) is 8.67. The summed E-state index contributed by atoms with van der Waals surface area (Å²) >= 11 is 1.31. The summed E-state index contributed by atoms with van der Waals surface area (Å²) in [5.41, 5.74) is 3.64. The second-order valence-electron chi connectivity index (χ2n) is 6.28. The zero-order chi connectivity index (χ0) is 19.7. The quantitative estimate of drug-likeness (QED) is 0.414. The predicted molar refractivity (Wildman–Crippen MR) is 109 cm³/mol. The molecule has 140 valence electrons. The van der Waals surface area contributed by atoms with Crippen LogP contribution in [0.25, 0.3) is 16.7 Å². The van der Waals surface area contributed by atoms with Gasteiger partial charge < -0.3 is 5.32 Å². The van der Waals surface area contributed by atoms with Crippen molar-refractivity contribution >= 4 is 45.8 Å². The lowest BCUT2D eigenvalue weighted by molar-refractivity contribution is -0.113. The number of fused-ring (bicyclic) bond motifs is 3. The van der Waals surface area contributed by atoms with Crippen LogP contribution in [-0.4, -0.2) is 37.0 Å². The third kappa shape index (κ3) is 3.46. The molecule has 0 saturated heterocycles. The van der Waals surface area contributed by atoms with Crippen molar-refractivity contribution in [3.8, 4) is 0 Å². The van der Waals surface area contributed by atoms with Crippen LogP contribution in [0.5, 0.6) is 0 Å². The van der Waals surface area contributed by atoms with Gasteiger partial charge in [0.05, 0.1) is 16.8 Å². The second kappa shape index (κ2) is 7.40. The number of aromatic nitrogens is 4. The molecular weight excluding hydrogens is 374 g/mol. The van der Waals surface area contributed by atoms with E-state index in [-0.39, 0.29) is 17.4 Å². The van der Waals surface area contributed by atoms with E-state index in [1.807, 2.05) is 35.6 Å². The van der Waals surface area contributed by atoms with Gasteiger partial charge in [-0.15, -0.1) is 10.2 Å². The minimum Gasteiger partial charge on any atom is -0.325 e. The third-order valence-electron chi connectivity index (χ3n) is 4.28. The molecule has 0 bridgehead atoms. The van der Waals surface area contributed by atoms with Gasteiger partial charge in [-0.3, -0.25) is 14.0 Å². The maximum Gasteiger partial charge on any atom is 0.234 e. The number of hydrogen-bond acceptors (Lipinski definition) is 6. The molecule has 1 N–H and O–H groups in total.